The van der Waals surface area contributed by atoms with Crippen LogP contribution in [0.2, 0.25) is 0 Å². The average Bonchev–Trinajstić information content (AvgIpc) is 2.82. The highest BCUT2D eigenvalue weighted by molar-refractivity contribution is 5.92. The molecule has 1 heterocycles. The molecule has 0 fully saturated rings. The van der Waals surface area contributed by atoms with Gasteiger partial charge >= 0.3 is 0 Å². The number of nitrogens with zero attached hydrogens (tertiary/aromatic N) is 1. The number of aryl methyl sites for hydroxylation is 1. The largest absolute Gasteiger partial charge is 0.361 e. The molecule has 1 atom stereocenters. The molecule has 0 aliphatic carbocycles. The summed E-state index contributed by atoms with van der Waals surface area (Å²) in [4.78, 5) is 12.1. The molecule has 4 heteroatoms. The molecular weight excluding hydrogens is 264 g/mol. The summed E-state index contributed by atoms with van der Waals surface area (Å²) in [6.45, 7) is 9.75. The minimum absolute atomic E-state index is 0.0142. The van der Waals surface area contributed by atoms with E-state index in [1.807, 2.05) is 65.0 Å². The van der Waals surface area contributed by atoms with Crippen LogP contribution in [0.25, 0.3) is 0 Å². The van der Waals surface area contributed by atoms with Crippen LogP contribution < -0.4 is 5.32 Å². The second-order valence-corrected chi connectivity index (χ2v) is 4.78. The van der Waals surface area contributed by atoms with Crippen molar-refractivity contribution in [2.24, 2.45) is 5.92 Å². The van der Waals surface area contributed by atoms with E-state index in [1.165, 1.54) is 0 Å². The van der Waals surface area contributed by atoms with Crippen molar-refractivity contribution in [3.05, 3.63) is 47.3 Å². The monoisotopic (exact) mass is 288 g/mol. The molecule has 1 aromatic carbocycles. The van der Waals surface area contributed by atoms with Gasteiger partial charge in [0.25, 0.3) is 0 Å². The highest BCUT2D eigenvalue weighted by atomic mass is 16.5. The standard InChI is InChI=1S/C15H18N2O2.C2H6/c1-10(9-14-11(2)12(3)17-19-14)15(18)16-13-7-5-4-6-8-13;1-2/h4-8,10H,9H2,1-3H3,(H,16,18);1-2H3/t10-;/m1./s1. The molecule has 2 aromatic rings. The van der Waals surface area contributed by atoms with Crippen LogP contribution in [0, 0.1) is 19.8 Å². The molecule has 0 unspecified atom stereocenters. The molecule has 0 aliphatic heterocycles. The first kappa shape index (κ1) is 17.0. The van der Waals surface area contributed by atoms with Crippen LogP contribution in [-0.2, 0) is 11.2 Å². The summed E-state index contributed by atoms with van der Waals surface area (Å²) in [7, 11) is 0. The number of aromatic nitrogens is 1. The van der Waals surface area contributed by atoms with Crippen molar-refractivity contribution in [1.29, 1.82) is 0 Å². The highest BCUT2D eigenvalue weighted by Gasteiger charge is 2.18. The van der Waals surface area contributed by atoms with E-state index in [4.69, 9.17) is 4.52 Å². The molecular formula is C17H24N2O2. The fourth-order valence-corrected chi connectivity index (χ4v) is 1.81. The Morgan fingerprint density at radius 2 is 1.86 bits per heavy atom. The summed E-state index contributed by atoms with van der Waals surface area (Å²) in [5.41, 5.74) is 2.72. The zero-order chi connectivity index (χ0) is 15.8. The minimum atomic E-state index is -0.161. The first-order chi connectivity index (χ1) is 10.1. The minimum Gasteiger partial charge on any atom is -0.361 e. The van der Waals surface area contributed by atoms with E-state index in [1.54, 1.807) is 0 Å². The summed E-state index contributed by atoms with van der Waals surface area (Å²) < 4.78 is 5.24. The van der Waals surface area contributed by atoms with E-state index in [-0.39, 0.29) is 11.8 Å². The second kappa shape index (κ2) is 8.25. The van der Waals surface area contributed by atoms with Crippen molar-refractivity contribution < 1.29 is 9.32 Å². The fourth-order valence-electron chi connectivity index (χ4n) is 1.81. The lowest BCUT2D eigenvalue weighted by Crippen LogP contribution is -2.22. The van der Waals surface area contributed by atoms with Crippen LogP contribution in [-0.4, -0.2) is 11.1 Å². The Morgan fingerprint density at radius 3 is 2.38 bits per heavy atom. The van der Waals surface area contributed by atoms with Crippen molar-refractivity contribution >= 4 is 11.6 Å². The molecule has 21 heavy (non-hydrogen) atoms. The summed E-state index contributed by atoms with van der Waals surface area (Å²) in [6, 6.07) is 9.44. The van der Waals surface area contributed by atoms with Gasteiger partial charge in [0.1, 0.15) is 5.76 Å². The van der Waals surface area contributed by atoms with Gasteiger partial charge in [-0.05, 0) is 26.0 Å². The maximum Gasteiger partial charge on any atom is 0.227 e. The number of nitrogens with one attached hydrogen (secondary N) is 1. The van der Waals surface area contributed by atoms with Crippen molar-refractivity contribution in [1.82, 2.24) is 5.16 Å². The summed E-state index contributed by atoms with van der Waals surface area (Å²) in [6.07, 6.45) is 0.561. The number of hydrogen-bond acceptors (Lipinski definition) is 3. The van der Waals surface area contributed by atoms with Gasteiger partial charge in [0, 0.05) is 23.6 Å². The van der Waals surface area contributed by atoms with Gasteiger partial charge < -0.3 is 9.84 Å². The van der Waals surface area contributed by atoms with E-state index < -0.39 is 0 Å². The van der Waals surface area contributed by atoms with E-state index in [0.29, 0.717) is 6.42 Å². The zero-order valence-electron chi connectivity index (χ0n) is 13.4. The Hall–Kier alpha value is -2.10. The highest BCUT2D eigenvalue weighted by Crippen LogP contribution is 2.17. The molecule has 0 spiro atoms. The van der Waals surface area contributed by atoms with E-state index in [2.05, 4.69) is 10.5 Å². The fraction of sp³-hybridized carbons (Fsp3) is 0.412. The smallest absolute Gasteiger partial charge is 0.227 e. The van der Waals surface area contributed by atoms with Gasteiger partial charge in [0.15, 0.2) is 0 Å². The average molecular weight is 288 g/mol. The lowest BCUT2D eigenvalue weighted by atomic mass is 10.0. The third-order valence-electron chi connectivity index (χ3n) is 3.23. The lowest BCUT2D eigenvalue weighted by molar-refractivity contribution is -0.119. The van der Waals surface area contributed by atoms with Crippen LogP contribution >= 0.6 is 0 Å². The predicted octanol–water partition coefficient (Wildman–Crippen LogP) is 4.13. The van der Waals surface area contributed by atoms with Crippen molar-refractivity contribution in [2.45, 2.75) is 41.0 Å². The molecule has 114 valence electrons. The Balaban J connectivity index is 0.00000106. The van der Waals surface area contributed by atoms with Crippen molar-refractivity contribution in [3.63, 3.8) is 0 Å². The molecule has 1 aromatic heterocycles. The number of rotatable bonds is 4. The van der Waals surface area contributed by atoms with Gasteiger partial charge in [0.2, 0.25) is 5.91 Å². The number of benzene rings is 1. The van der Waals surface area contributed by atoms with E-state index in [0.717, 1.165) is 22.7 Å². The van der Waals surface area contributed by atoms with Gasteiger partial charge in [-0.1, -0.05) is 44.1 Å². The number of amides is 1. The summed E-state index contributed by atoms with van der Waals surface area (Å²) in [5, 5.41) is 6.79. The van der Waals surface area contributed by atoms with Gasteiger partial charge in [-0.25, -0.2) is 0 Å². The molecule has 0 saturated carbocycles. The van der Waals surface area contributed by atoms with Crippen LogP contribution in [0.1, 0.15) is 37.8 Å². The Bertz CT molecular complexity index is 561. The Kier molecular flexibility index (Phi) is 6.66. The molecule has 0 saturated heterocycles. The van der Waals surface area contributed by atoms with Crippen LogP contribution in [0.4, 0.5) is 5.69 Å². The molecule has 0 bridgehead atoms. The SMILES string of the molecule is CC.Cc1noc(C[C@@H](C)C(=O)Nc2ccccc2)c1C. The molecule has 4 nitrogen and oxygen atoms in total. The van der Waals surface area contributed by atoms with Crippen molar-refractivity contribution in [2.75, 3.05) is 5.32 Å². The third-order valence-corrected chi connectivity index (χ3v) is 3.23. The topological polar surface area (TPSA) is 55.1 Å². The van der Waals surface area contributed by atoms with Gasteiger partial charge in [-0.2, -0.15) is 0 Å². The summed E-state index contributed by atoms with van der Waals surface area (Å²) in [5.74, 6) is 0.610. The van der Waals surface area contributed by atoms with Gasteiger partial charge in [-0.15, -0.1) is 0 Å². The zero-order valence-corrected chi connectivity index (χ0v) is 13.4. The van der Waals surface area contributed by atoms with Crippen LogP contribution in [0.3, 0.4) is 0 Å². The Morgan fingerprint density at radius 1 is 1.24 bits per heavy atom. The van der Waals surface area contributed by atoms with Gasteiger partial charge in [-0.3, -0.25) is 4.79 Å². The molecule has 0 aliphatic rings. The summed E-state index contributed by atoms with van der Waals surface area (Å²) >= 11 is 0. The lowest BCUT2D eigenvalue weighted by Gasteiger charge is -2.10. The number of carbonyl (C=O) groups excluding carboxylic acids is 1. The molecule has 1 amide bonds. The second-order valence-electron chi connectivity index (χ2n) is 4.78. The number of carbonyl (C=O) groups is 1. The maximum absolute atomic E-state index is 12.1. The quantitative estimate of drug-likeness (QED) is 0.920. The van der Waals surface area contributed by atoms with Crippen molar-refractivity contribution in [3.8, 4) is 0 Å². The van der Waals surface area contributed by atoms with Crippen LogP contribution in [0.15, 0.2) is 34.9 Å². The third kappa shape index (κ3) is 4.74. The van der Waals surface area contributed by atoms with E-state index >= 15 is 0 Å². The molecule has 0 radical (unpaired) electrons. The first-order valence-electron chi connectivity index (χ1n) is 7.35. The predicted molar refractivity (Wildman–Crippen MR) is 85.3 cm³/mol. The number of anilines is 1. The first-order valence-corrected chi connectivity index (χ1v) is 7.35. The van der Waals surface area contributed by atoms with E-state index in [9.17, 15) is 4.79 Å². The number of hydrogen-bond donors (Lipinski definition) is 1. The van der Waals surface area contributed by atoms with Crippen LogP contribution in [0.5, 0.6) is 0 Å². The Labute approximate surface area is 126 Å². The normalized spacial score (nSPS) is 11.3. The molecule has 1 N–H and O–H groups in total. The van der Waals surface area contributed by atoms with Gasteiger partial charge in [0.05, 0.1) is 5.69 Å². The number of para-hydroxylation sites is 1. The maximum atomic E-state index is 12.1. The molecule has 2 rings (SSSR count).